The number of anilines is 1. The third-order valence-corrected chi connectivity index (χ3v) is 8.97. The van der Waals surface area contributed by atoms with Crippen LogP contribution in [0, 0.1) is 0 Å². The van der Waals surface area contributed by atoms with Gasteiger partial charge in [0, 0.05) is 33.9 Å². The predicted octanol–water partition coefficient (Wildman–Crippen LogP) is -1.03. The molecule has 0 aliphatic carbocycles. The summed E-state index contributed by atoms with van der Waals surface area (Å²) in [6, 6.07) is 2.67. The van der Waals surface area contributed by atoms with Crippen LogP contribution in [0.2, 0.25) is 0 Å². The van der Waals surface area contributed by atoms with Crippen molar-refractivity contribution < 1.29 is 38.9 Å². The summed E-state index contributed by atoms with van der Waals surface area (Å²) < 4.78 is 1.75. The van der Waals surface area contributed by atoms with Gasteiger partial charge >= 0.3 is 5.97 Å². The SMILES string of the molecule is CN[n+]1ccc(SCC2=C(C(=O)[O-])N3C(=O)[C@@H](NC(=O)/C(=N\OC(C)(C)C(=O)O)c4csc(N)n4)[C@H]3SC2)cc1. The van der Waals surface area contributed by atoms with E-state index < -0.39 is 40.8 Å². The standard InChI is InChI=1S/C23H25N7O7S3/c1-23(2,21(35)36)37-28-14(13-10-40-22(24)26-13)17(31)27-15-18(32)30-16(20(33)34)11(9-39-19(15)30)8-38-12-4-6-29(25-3)7-5-12/h4-7,10,15,19,25H,8-9H2,1-3H3,(H4-,24,26,27,31,33,34,35,36)/b28-14-/t15-,19-/m1/s1. The molecule has 2 aliphatic rings. The van der Waals surface area contributed by atoms with Crippen LogP contribution in [0.3, 0.4) is 0 Å². The number of pyridine rings is 1. The Hall–Kier alpha value is -3.83. The number of carbonyl (C=O) groups excluding carboxylic acids is 3. The van der Waals surface area contributed by atoms with E-state index in [1.165, 1.54) is 42.8 Å². The van der Waals surface area contributed by atoms with Crippen LogP contribution in [-0.4, -0.2) is 80.0 Å². The third kappa shape index (κ3) is 6.00. The van der Waals surface area contributed by atoms with Gasteiger partial charge in [-0.2, -0.15) is 5.43 Å². The van der Waals surface area contributed by atoms with E-state index in [0.29, 0.717) is 17.1 Å². The minimum Gasteiger partial charge on any atom is -0.543 e. The molecule has 2 aromatic heterocycles. The van der Waals surface area contributed by atoms with E-state index >= 15 is 0 Å². The molecule has 0 bridgehead atoms. The summed E-state index contributed by atoms with van der Waals surface area (Å²) >= 11 is 3.75. The average Bonchev–Trinajstić information content (AvgIpc) is 3.35. The number of carbonyl (C=O) groups is 4. The number of nitrogens with one attached hydrogen (secondary N) is 2. The first kappa shape index (κ1) is 29.2. The summed E-state index contributed by atoms with van der Waals surface area (Å²) in [5.41, 5.74) is 6.82. The Bertz CT molecular complexity index is 1410. The van der Waals surface area contributed by atoms with Gasteiger partial charge in [-0.3, -0.25) is 14.5 Å². The monoisotopic (exact) mass is 607 g/mol. The number of aromatic nitrogens is 2. The number of nitrogens with zero attached hydrogens (tertiary/aromatic N) is 4. The second-order valence-electron chi connectivity index (χ2n) is 8.97. The molecule has 40 heavy (non-hydrogen) atoms. The molecule has 0 unspecified atom stereocenters. The molecule has 1 fully saturated rings. The Morgan fingerprint density at radius 3 is 2.65 bits per heavy atom. The molecule has 2 aliphatic heterocycles. The molecule has 2 atom stereocenters. The fourth-order valence-corrected chi connectivity index (χ4v) is 6.54. The number of hydrogen-bond donors (Lipinski definition) is 4. The Kier molecular flexibility index (Phi) is 8.55. The number of nitrogen functional groups attached to an aromatic ring is 1. The van der Waals surface area contributed by atoms with Crippen LogP contribution in [0.1, 0.15) is 19.5 Å². The number of rotatable bonds is 11. The molecule has 0 spiro atoms. The zero-order valence-electron chi connectivity index (χ0n) is 21.4. The molecule has 0 radical (unpaired) electrons. The molecule has 4 rings (SSSR count). The van der Waals surface area contributed by atoms with Gasteiger partial charge in [-0.1, -0.05) is 9.83 Å². The average molecular weight is 608 g/mol. The highest BCUT2D eigenvalue weighted by molar-refractivity contribution is 8.01. The first-order valence-corrected chi connectivity index (χ1v) is 14.6. The Balaban J connectivity index is 1.50. The second-order valence-corrected chi connectivity index (χ2v) is 12.0. The van der Waals surface area contributed by atoms with Crippen LogP contribution in [0.25, 0.3) is 0 Å². The normalized spacial score (nSPS) is 19.0. The lowest BCUT2D eigenvalue weighted by Crippen LogP contribution is -2.71. The van der Waals surface area contributed by atoms with Crippen molar-refractivity contribution in [1.82, 2.24) is 15.2 Å². The van der Waals surface area contributed by atoms with Gasteiger partial charge in [-0.05, 0) is 19.4 Å². The Labute approximate surface area is 240 Å². The summed E-state index contributed by atoms with van der Waals surface area (Å²) in [4.78, 5) is 60.8. The minimum absolute atomic E-state index is 0.0249. The van der Waals surface area contributed by atoms with E-state index in [4.69, 9.17) is 10.6 Å². The van der Waals surface area contributed by atoms with Crippen molar-refractivity contribution in [2.75, 3.05) is 29.7 Å². The predicted molar refractivity (Wildman–Crippen MR) is 146 cm³/mol. The van der Waals surface area contributed by atoms with Crippen molar-refractivity contribution in [3.63, 3.8) is 0 Å². The largest absolute Gasteiger partial charge is 0.543 e. The van der Waals surface area contributed by atoms with Crippen LogP contribution in [0.4, 0.5) is 5.13 Å². The maximum absolute atomic E-state index is 13.2. The summed E-state index contributed by atoms with van der Waals surface area (Å²) in [5, 5.41) is 28.5. The third-order valence-electron chi connectivity index (χ3n) is 5.86. The lowest BCUT2D eigenvalue weighted by molar-refractivity contribution is -0.647. The van der Waals surface area contributed by atoms with E-state index in [9.17, 15) is 29.4 Å². The van der Waals surface area contributed by atoms with Crippen molar-refractivity contribution in [3.8, 4) is 0 Å². The fraction of sp³-hybridized carbons (Fsp3) is 0.348. The molecule has 5 N–H and O–H groups in total. The highest BCUT2D eigenvalue weighted by Gasteiger charge is 2.53. The van der Waals surface area contributed by atoms with Gasteiger partial charge in [0.2, 0.25) is 18.0 Å². The van der Waals surface area contributed by atoms with E-state index in [-0.39, 0.29) is 22.2 Å². The van der Waals surface area contributed by atoms with Crippen molar-refractivity contribution in [2.24, 2.45) is 5.16 Å². The molecule has 14 nitrogen and oxygen atoms in total. The van der Waals surface area contributed by atoms with Gasteiger partial charge in [0.25, 0.3) is 11.8 Å². The number of amides is 2. The molecular weight excluding hydrogens is 582 g/mol. The number of carboxylic acids is 2. The number of oxime groups is 1. The number of aliphatic carboxylic acids is 2. The molecule has 2 aromatic rings. The molecule has 4 heterocycles. The van der Waals surface area contributed by atoms with Crippen LogP contribution < -0.4 is 26.3 Å². The molecule has 1 saturated heterocycles. The van der Waals surface area contributed by atoms with Crippen LogP contribution in [0.5, 0.6) is 0 Å². The maximum atomic E-state index is 13.2. The minimum atomic E-state index is -1.76. The van der Waals surface area contributed by atoms with Gasteiger partial charge in [0.15, 0.2) is 10.8 Å². The number of fused-ring (bicyclic) bond motifs is 1. The molecular formula is C23H25N7O7S3. The number of β-lactam (4-membered cyclic amide) rings is 1. The van der Waals surface area contributed by atoms with Gasteiger partial charge in [0.1, 0.15) is 17.1 Å². The fourth-order valence-electron chi connectivity index (χ4n) is 3.62. The summed E-state index contributed by atoms with van der Waals surface area (Å²) in [6.45, 7) is 2.49. The topological polar surface area (TPSA) is 203 Å². The zero-order chi connectivity index (χ0) is 29.2. The summed E-state index contributed by atoms with van der Waals surface area (Å²) in [6.07, 6.45) is 3.64. The van der Waals surface area contributed by atoms with E-state index in [1.54, 1.807) is 11.7 Å². The highest BCUT2D eigenvalue weighted by Crippen LogP contribution is 2.41. The first-order valence-electron chi connectivity index (χ1n) is 11.6. The molecule has 0 saturated carbocycles. The lowest BCUT2D eigenvalue weighted by atomic mass is 10.0. The Morgan fingerprint density at radius 2 is 2.08 bits per heavy atom. The zero-order valence-corrected chi connectivity index (χ0v) is 23.9. The van der Waals surface area contributed by atoms with Crippen molar-refractivity contribution in [1.29, 1.82) is 0 Å². The van der Waals surface area contributed by atoms with Crippen molar-refractivity contribution >= 4 is 69.5 Å². The molecule has 212 valence electrons. The van der Waals surface area contributed by atoms with Crippen LogP contribution >= 0.6 is 34.9 Å². The van der Waals surface area contributed by atoms with Gasteiger partial charge in [-0.25, -0.2) is 9.78 Å². The van der Waals surface area contributed by atoms with E-state index in [0.717, 1.165) is 21.1 Å². The van der Waals surface area contributed by atoms with Crippen molar-refractivity contribution in [2.45, 2.75) is 35.8 Å². The Morgan fingerprint density at radius 1 is 1.38 bits per heavy atom. The molecule has 0 aromatic carbocycles. The van der Waals surface area contributed by atoms with E-state index in [2.05, 4.69) is 20.9 Å². The summed E-state index contributed by atoms with van der Waals surface area (Å²) in [5.74, 6) is -3.67. The maximum Gasteiger partial charge on any atom is 0.350 e. The van der Waals surface area contributed by atoms with Gasteiger partial charge in [0.05, 0.1) is 18.7 Å². The lowest BCUT2D eigenvalue weighted by Gasteiger charge is -2.50. The second kappa shape index (κ2) is 11.7. The van der Waals surface area contributed by atoms with Gasteiger partial charge < -0.3 is 30.9 Å². The molecule has 2 amide bonds. The van der Waals surface area contributed by atoms with Crippen LogP contribution in [0.15, 0.2) is 51.2 Å². The first-order chi connectivity index (χ1) is 18.9. The number of thioether (sulfide) groups is 2. The molecule has 17 heteroatoms. The smallest absolute Gasteiger partial charge is 0.350 e. The quantitative estimate of drug-likeness (QED) is 0.0796. The number of hydrogen-bond acceptors (Lipinski definition) is 13. The van der Waals surface area contributed by atoms with Gasteiger partial charge in [-0.15, -0.1) is 34.9 Å². The highest BCUT2D eigenvalue weighted by atomic mass is 32.2. The number of nitrogens with two attached hydrogens (primary N) is 1. The number of carboxylic acid groups (broad SMARTS) is 2. The van der Waals surface area contributed by atoms with Crippen molar-refractivity contribution in [3.05, 3.63) is 46.9 Å². The van der Waals surface area contributed by atoms with Crippen LogP contribution in [-0.2, 0) is 24.0 Å². The summed E-state index contributed by atoms with van der Waals surface area (Å²) in [7, 11) is 1.77. The van der Waals surface area contributed by atoms with E-state index in [1.807, 2.05) is 24.5 Å². The number of thiazole rings is 1.